The van der Waals surface area contributed by atoms with E-state index in [1.807, 2.05) is 0 Å². The van der Waals surface area contributed by atoms with Crippen molar-refractivity contribution in [3.63, 3.8) is 0 Å². The molecule has 5 heteroatoms. The number of aryl methyl sites for hydroxylation is 1. The second-order valence-corrected chi connectivity index (χ2v) is 3.36. The van der Waals surface area contributed by atoms with Gasteiger partial charge < -0.3 is 10.3 Å². The van der Waals surface area contributed by atoms with Crippen molar-refractivity contribution in [2.24, 2.45) is 11.7 Å². The van der Waals surface area contributed by atoms with Gasteiger partial charge in [0.1, 0.15) is 0 Å². The lowest BCUT2D eigenvalue weighted by Crippen LogP contribution is -2.11. The topological polar surface area (TPSA) is 82.0 Å². The molecule has 5 nitrogen and oxygen atoms in total. The molecule has 1 aliphatic carbocycles. The van der Waals surface area contributed by atoms with E-state index in [9.17, 15) is 4.79 Å². The quantitative estimate of drug-likeness (QED) is 0.733. The van der Waals surface area contributed by atoms with Crippen LogP contribution >= 0.6 is 0 Å². The zero-order valence-corrected chi connectivity index (χ0v) is 7.19. The summed E-state index contributed by atoms with van der Waals surface area (Å²) in [6, 6.07) is 0. The summed E-state index contributed by atoms with van der Waals surface area (Å²) in [5.74, 6) is 0.659. The Hall–Kier alpha value is -1.39. The van der Waals surface area contributed by atoms with Crippen molar-refractivity contribution in [3.8, 4) is 0 Å². The van der Waals surface area contributed by atoms with Crippen LogP contribution < -0.4 is 5.73 Å². The maximum atomic E-state index is 10.6. The molecule has 0 unspecified atom stereocenters. The summed E-state index contributed by atoms with van der Waals surface area (Å²) in [4.78, 5) is 14.4. The Morgan fingerprint density at radius 2 is 2.38 bits per heavy atom. The SMILES string of the molecule is NC(=O)c1nc(CCC2CC2)no1. The highest BCUT2D eigenvalue weighted by Crippen LogP contribution is 2.33. The minimum absolute atomic E-state index is 0.0919. The molecule has 1 aliphatic rings. The average molecular weight is 181 g/mol. The highest BCUT2D eigenvalue weighted by atomic mass is 16.5. The third kappa shape index (κ3) is 2.05. The van der Waals surface area contributed by atoms with Crippen LogP contribution in [-0.4, -0.2) is 16.0 Å². The molecule has 13 heavy (non-hydrogen) atoms. The Kier molecular flexibility index (Phi) is 2.00. The molecular formula is C8H11N3O2. The first-order chi connectivity index (χ1) is 6.25. The number of hydrogen-bond donors (Lipinski definition) is 1. The van der Waals surface area contributed by atoms with E-state index in [1.165, 1.54) is 12.8 Å². The van der Waals surface area contributed by atoms with E-state index in [4.69, 9.17) is 5.73 Å². The predicted molar refractivity (Wildman–Crippen MR) is 43.9 cm³/mol. The van der Waals surface area contributed by atoms with Crippen LogP contribution in [0.5, 0.6) is 0 Å². The van der Waals surface area contributed by atoms with Crippen LogP contribution in [0.3, 0.4) is 0 Å². The number of amides is 1. The summed E-state index contributed by atoms with van der Waals surface area (Å²) in [7, 11) is 0. The number of carbonyl (C=O) groups is 1. The minimum Gasteiger partial charge on any atom is -0.361 e. The van der Waals surface area contributed by atoms with Gasteiger partial charge in [0.15, 0.2) is 5.82 Å². The van der Waals surface area contributed by atoms with Crippen molar-refractivity contribution in [1.29, 1.82) is 0 Å². The Labute approximate surface area is 75.3 Å². The van der Waals surface area contributed by atoms with Gasteiger partial charge in [-0.25, -0.2) is 0 Å². The zero-order valence-electron chi connectivity index (χ0n) is 7.19. The van der Waals surface area contributed by atoms with Crippen molar-refractivity contribution in [2.75, 3.05) is 0 Å². The first-order valence-electron chi connectivity index (χ1n) is 4.38. The normalized spacial score (nSPS) is 16.0. The van der Waals surface area contributed by atoms with E-state index in [1.54, 1.807) is 0 Å². The number of aromatic nitrogens is 2. The number of hydrogen-bond acceptors (Lipinski definition) is 4. The Balaban J connectivity index is 1.92. The molecule has 0 saturated heterocycles. The largest absolute Gasteiger partial charge is 0.361 e. The van der Waals surface area contributed by atoms with Crippen LogP contribution in [0, 0.1) is 5.92 Å². The van der Waals surface area contributed by atoms with Gasteiger partial charge in [0.25, 0.3) is 0 Å². The summed E-state index contributed by atoms with van der Waals surface area (Å²) in [5.41, 5.74) is 4.96. The Morgan fingerprint density at radius 1 is 1.62 bits per heavy atom. The van der Waals surface area contributed by atoms with Crippen LogP contribution in [0.2, 0.25) is 0 Å². The number of primary amides is 1. The number of nitrogens with two attached hydrogens (primary N) is 1. The molecule has 1 saturated carbocycles. The highest BCUT2D eigenvalue weighted by molar-refractivity contribution is 5.87. The molecule has 1 heterocycles. The second kappa shape index (κ2) is 3.16. The molecule has 0 atom stereocenters. The summed E-state index contributed by atoms with van der Waals surface area (Å²) >= 11 is 0. The molecule has 1 aromatic rings. The van der Waals surface area contributed by atoms with E-state index in [0.717, 1.165) is 18.8 Å². The maximum Gasteiger partial charge on any atom is 0.315 e. The van der Waals surface area contributed by atoms with Gasteiger partial charge in [-0.3, -0.25) is 4.79 Å². The van der Waals surface area contributed by atoms with Crippen molar-refractivity contribution >= 4 is 5.91 Å². The summed E-state index contributed by atoms with van der Waals surface area (Å²) in [5, 5.41) is 3.65. The lowest BCUT2D eigenvalue weighted by Gasteiger charge is -1.89. The van der Waals surface area contributed by atoms with Crippen LogP contribution in [-0.2, 0) is 6.42 Å². The molecule has 0 radical (unpaired) electrons. The smallest absolute Gasteiger partial charge is 0.315 e. The van der Waals surface area contributed by atoms with Gasteiger partial charge in [-0.15, -0.1) is 0 Å². The van der Waals surface area contributed by atoms with Gasteiger partial charge in [-0.05, 0) is 12.3 Å². The molecule has 2 rings (SSSR count). The van der Waals surface area contributed by atoms with Gasteiger partial charge in [0.2, 0.25) is 0 Å². The molecule has 70 valence electrons. The fraction of sp³-hybridized carbons (Fsp3) is 0.625. The van der Waals surface area contributed by atoms with Gasteiger partial charge in [-0.1, -0.05) is 18.0 Å². The molecular weight excluding hydrogens is 170 g/mol. The lowest BCUT2D eigenvalue weighted by atomic mass is 10.2. The number of nitrogens with zero attached hydrogens (tertiary/aromatic N) is 2. The van der Waals surface area contributed by atoms with E-state index in [0.29, 0.717) is 5.82 Å². The number of rotatable bonds is 4. The minimum atomic E-state index is -0.662. The van der Waals surface area contributed by atoms with Crippen molar-refractivity contribution in [3.05, 3.63) is 11.7 Å². The van der Waals surface area contributed by atoms with Gasteiger partial charge in [0, 0.05) is 6.42 Å². The van der Waals surface area contributed by atoms with E-state index < -0.39 is 5.91 Å². The summed E-state index contributed by atoms with van der Waals surface area (Å²) in [6.45, 7) is 0. The Morgan fingerprint density at radius 3 is 2.92 bits per heavy atom. The molecule has 0 aromatic carbocycles. The summed E-state index contributed by atoms with van der Waals surface area (Å²) in [6.07, 6.45) is 4.47. The van der Waals surface area contributed by atoms with Crippen molar-refractivity contribution in [2.45, 2.75) is 25.7 Å². The fourth-order valence-electron chi connectivity index (χ4n) is 1.20. The standard InChI is InChI=1S/C8H11N3O2/c9-7(12)8-10-6(11-13-8)4-3-5-1-2-5/h5H,1-4H2,(H2,9,12). The van der Waals surface area contributed by atoms with Crippen LogP contribution in [0.25, 0.3) is 0 Å². The Bertz CT molecular complexity index is 317. The third-order valence-corrected chi connectivity index (χ3v) is 2.15. The molecule has 2 N–H and O–H groups in total. The first kappa shape index (κ1) is 8.22. The van der Waals surface area contributed by atoms with Gasteiger partial charge in [-0.2, -0.15) is 4.98 Å². The molecule has 1 amide bonds. The van der Waals surface area contributed by atoms with Crippen molar-refractivity contribution < 1.29 is 9.32 Å². The van der Waals surface area contributed by atoms with Crippen LogP contribution in [0.15, 0.2) is 4.52 Å². The van der Waals surface area contributed by atoms with E-state index in [-0.39, 0.29) is 5.89 Å². The first-order valence-corrected chi connectivity index (χ1v) is 4.38. The molecule has 0 aliphatic heterocycles. The molecule has 0 bridgehead atoms. The van der Waals surface area contributed by atoms with Crippen LogP contribution in [0.1, 0.15) is 35.8 Å². The highest BCUT2D eigenvalue weighted by Gasteiger charge is 2.22. The predicted octanol–water partition coefficient (Wildman–Crippen LogP) is 0.511. The molecule has 0 spiro atoms. The fourth-order valence-corrected chi connectivity index (χ4v) is 1.20. The summed E-state index contributed by atoms with van der Waals surface area (Å²) < 4.78 is 4.64. The van der Waals surface area contributed by atoms with E-state index in [2.05, 4.69) is 14.7 Å². The van der Waals surface area contributed by atoms with Crippen molar-refractivity contribution in [1.82, 2.24) is 10.1 Å². The van der Waals surface area contributed by atoms with E-state index >= 15 is 0 Å². The monoisotopic (exact) mass is 181 g/mol. The number of carbonyl (C=O) groups excluding carboxylic acids is 1. The molecule has 1 aromatic heterocycles. The molecule has 1 fully saturated rings. The third-order valence-electron chi connectivity index (χ3n) is 2.15. The van der Waals surface area contributed by atoms with Gasteiger partial charge in [0.05, 0.1) is 0 Å². The van der Waals surface area contributed by atoms with Crippen LogP contribution in [0.4, 0.5) is 0 Å². The lowest BCUT2D eigenvalue weighted by molar-refractivity contribution is 0.0958. The zero-order chi connectivity index (χ0) is 9.26. The maximum absolute atomic E-state index is 10.6. The van der Waals surface area contributed by atoms with Gasteiger partial charge >= 0.3 is 11.8 Å². The average Bonchev–Trinajstić information content (AvgIpc) is 2.79. The second-order valence-electron chi connectivity index (χ2n) is 3.36.